The Hall–Kier alpha value is -2.49. The molecule has 2 N–H and O–H groups in total. The number of sulfonamides is 1. The Morgan fingerprint density at radius 3 is 2.58 bits per heavy atom. The molecule has 0 saturated carbocycles. The van der Waals surface area contributed by atoms with E-state index in [0.29, 0.717) is 13.2 Å². The fourth-order valence-corrected chi connectivity index (χ4v) is 3.99. The van der Waals surface area contributed by atoms with Crippen molar-refractivity contribution >= 4 is 21.6 Å². The number of carbonyl (C=O) groups excluding carboxylic acids is 1. The monoisotopic (exact) mass is 380 g/mol. The zero-order valence-electron chi connectivity index (χ0n) is 13.7. The number of benzene rings is 2. The number of hydrogen-bond donors (Lipinski definition) is 2. The maximum atomic E-state index is 13.2. The first-order chi connectivity index (χ1) is 12.4. The molecule has 0 spiro atoms. The van der Waals surface area contributed by atoms with Crippen molar-refractivity contribution in [2.75, 3.05) is 31.6 Å². The molecule has 1 saturated heterocycles. The summed E-state index contributed by atoms with van der Waals surface area (Å²) in [5.74, 6) is -1.65. The van der Waals surface area contributed by atoms with Gasteiger partial charge in [-0.2, -0.15) is 4.31 Å². The smallest absolute Gasteiger partial charge is 0.259 e. The molecule has 0 aliphatic carbocycles. The highest BCUT2D eigenvalue weighted by Gasteiger charge is 2.27. The van der Waals surface area contributed by atoms with Crippen LogP contribution >= 0.6 is 0 Å². The van der Waals surface area contributed by atoms with Crippen LogP contribution in [0.4, 0.5) is 10.1 Å². The van der Waals surface area contributed by atoms with Crippen LogP contribution in [0, 0.1) is 5.82 Å². The van der Waals surface area contributed by atoms with Crippen molar-refractivity contribution in [3.8, 4) is 5.75 Å². The standard InChI is InChI=1S/C17H17FN2O5S/c18-12-2-1-3-13(10-12)19-17(22)15-11-14(4-5-16(15)21)26(23,24)20-6-8-25-9-7-20/h1-5,10-11,21H,6-9H2,(H,19,22). The Kier molecular flexibility index (Phi) is 5.21. The Morgan fingerprint density at radius 2 is 1.88 bits per heavy atom. The minimum atomic E-state index is -3.81. The summed E-state index contributed by atoms with van der Waals surface area (Å²) in [4.78, 5) is 12.3. The van der Waals surface area contributed by atoms with Gasteiger partial charge in [-0.3, -0.25) is 4.79 Å². The van der Waals surface area contributed by atoms with E-state index in [9.17, 15) is 22.7 Å². The maximum absolute atomic E-state index is 13.2. The number of nitrogens with one attached hydrogen (secondary N) is 1. The van der Waals surface area contributed by atoms with Crippen molar-refractivity contribution in [3.63, 3.8) is 0 Å². The number of amides is 1. The third kappa shape index (κ3) is 3.85. The van der Waals surface area contributed by atoms with Crippen LogP contribution in [0.2, 0.25) is 0 Å². The van der Waals surface area contributed by atoms with Crippen molar-refractivity contribution in [2.24, 2.45) is 0 Å². The van der Waals surface area contributed by atoms with Crippen LogP contribution in [0.25, 0.3) is 0 Å². The number of phenolic OH excluding ortho intramolecular Hbond substituents is 1. The molecular weight excluding hydrogens is 363 g/mol. The van der Waals surface area contributed by atoms with Gasteiger partial charge in [0.25, 0.3) is 5.91 Å². The highest BCUT2D eigenvalue weighted by Crippen LogP contribution is 2.25. The van der Waals surface area contributed by atoms with Gasteiger partial charge in [-0.15, -0.1) is 0 Å². The Bertz CT molecular complexity index is 927. The quantitative estimate of drug-likeness (QED) is 0.843. The minimum Gasteiger partial charge on any atom is -0.507 e. The number of halogens is 1. The van der Waals surface area contributed by atoms with Crippen LogP contribution in [-0.2, 0) is 14.8 Å². The first-order valence-electron chi connectivity index (χ1n) is 7.86. The summed E-state index contributed by atoms with van der Waals surface area (Å²) in [5, 5.41) is 12.4. The number of anilines is 1. The van der Waals surface area contributed by atoms with E-state index in [2.05, 4.69) is 5.32 Å². The molecule has 1 aliphatic rings. The van der Waals surface area contributed by atoms with Crippen molar-refractivity contribution < 1.29 is 27.4 Å². The predicted octanol–water partition coefficient (Wildman–Crippen LogP) is 1.80. The molecule has 1 fully saturated rings. The van der Waals surface area contributed by atoms with Gasteiger partial charge in [0, 0.05) is 18.8 Å². The summed E-state index contributed by atoms with van der Waals surface area (Å²) in [6, 6.07) is 8.73. The Balaban J connectivity index is 1.88. The normalized spacial score (nSPS) is 15.6. The molecular formula is C17H17FN2O5S. The second-order valence-corrected chi connectivity index (χ2v) is 7.60. The maximum Gasteiger partial charge on any atom is 0.259 e. The van der Waals surface area contributed by atoms with E-state index < -0.39 is 21.7 Å². The van der Waals surface area contributed by atoms with E-state index in [1.807, 2.05) is 0 Å². The van der Waals surface area contributed by atoms with Gasteiger partial charge in [0.1, 0.15) is 11.6 Å². The number of morpholine rings is 1. The zero-order chi connectivity index (χ0) is 18.7. The first-order valence-corrected chi connectivity index (χ1v) is 9.30. The molecule has 9 heteroatoms. The Morgan fingerprint density at radius 1 is 1.15 bits per heavy atom. The van der Waals surface area contributed by atoms with Gasteiger partial charge >= 0.3 is 0 Å². The van der Waals surface area contributed by atoms with E-state index >= 15 is 0 Å². The van der Waals surface area contributed by atoms with Crippen molar-refractivity contribution in [1.82, 2.24) is 4.31 Å². The van der Waals surface area contributed by atoms with Gasteiger partial charge in [0.05, 0.1) is 23.7 Å². The molecule has 0 atom stereocenters. The van der Waals surface area contributed by atoms with Crippen molar-refractivity contribution in [2.45, 2.75) is 4.90 Å². The second-order valence-electron chi connectivity index (χ2n) is 5.66. The average Bonchev–Trinajstić information content (AvgIpc) is 2.62. The lowest BCUT2D eigenvalue weighted by atomic mass is 10.2. The fourth-order valence-electron chi connectivity index (χ4n) is 2.56. The van der Waals surface area contributed by atoms with Crippen LogP contribution in [0.1, 0.15) is 10.4 Å². The first kappa shape index (κ1) is 18.3. The molecule has 7 nitrogen and oxygen atoms in total. The number of phenols is 1. The topological polar surface area (TPSA) is 95.9 Å². The number of aromatic hydroxyl groups is 1. The third-order valence-electron chi connectivity index (χ3n) is 3.90. The van der Waals surface area contributed by atoms with E-state index in [0.717, 1.165) is 18.2 Å². The molecule has 26 heavy (non-hydrogen) atoms. The largest absolute Gasteiger partial charge is 0.507 e. The molecule has 1 heterocycles. The van der Waals surface area contributed by atoms with Gasteiger partial charge in [0.2, 0.25) is 10.0 Å². The van der Waals surface area contributed by atoms with Gasteiger partial charge in [-0.25, -0.2) is 12.8 Å². The molecule has 2 aromatic carbocycles. The fraction of sp³-hybridized carbons (Fsp3) is 0.235. The number of carbonyl (C=O) groups is 1. The molecule has 138 valence electrons. The summed E-state index contributed by atoms with van der Waals surface area (Å²) < 4.78 is 45.0. The summed E-state index contributed by atoms with van der Waals surface area (Å²) in [6.45, 7) is 1.02. The second kappa shape index (κ2) is 7.40. The zero-order valence-corrected chi connectivity index (χ0v) is 14.5. The number of ether oxygens (including phenoxy) is 1. The van der Waals surface area contributed by atoms with Crippen molar-refractivity contribution in [1.29, 1.82) is 0 Å². The molecule has 0 unspecified atom stereocenters. The highest BCUT2D eigenvalue weighted by molar-refractivity contribution is 7.89. The molecule has 0 aromatic heterocycles. The van der Waals surface area contributed by atoms with Crippen LogP contribution in [-0.4, -0.2) is 50.0 Å². The van der Waals surface area contributed by atoms with E-state index in [-0.39, 0.29) is 35.0 Å². The molecule has 3 rings (SSSR count). The lowest BCUT2D eigenvalue weighted by molar-refractivity contribution is 0.0730. The summed E-state index contributed by atoms with van der Waals surface area (Å²) in [6.07, 6.45) is 0. The van der Waals surface area contributed by atoms with Gasteiger partial charge in [0.15, 0.2) is 0 Å². The van der Waals surface area contributed by atoms with Gasteiger partial charge < -0.3 is 15.2 Å². The lowest BCUT2D eigenvalue weighted by Gasteiger charge is -2.26. The average molecular weight is 380 g/mol. The molecule has 0 radical (unpaired) electrons. The Labute approximate surface area is 150 Å². The van der Waals surface area contributed by atoms with Crippen molar-refractivity contribution in [3.05, 3.63) is 53.8 Å². The minimum absolute atomic E-state index is 0.110. The lowest BCUT2D eigenvalue weighted by Crippen LogP contribution is -2.40. The predicted molar refractivity (Wildman–Crippen MR) is 92.0 cm³/mol. The van der Waals surface area contributed by atoms with Gasteiger partial charge in [-0.05, 0) is 36.4 Å². The molecule has 2 aromatic rings. The van der Waals surface area contributed by atoms with Crippen LogP contribution in [0.5, 0.6) is 5.75 Å². The molecule has 1 amide bonds. The van der Waals surface area contributed by atoms with Crippen LogP contribution in [0.15, 0.2) is 47.4 Å². The van der Waals surface area contributed by atoms with Crippen LogP contribution in [0.3, 0.4) is 0 Å². The SMILES string of the molecule is O=C(Nc1cccc(F)c1)c1cc(S(=O)(=O)N2CCOCC2)ccc1O. The van der Waals surface area contributed by atoms with E-state index in [4.69, 9.17) is 4.74 Å². The highest BCUT2D eigenvalue weighted by atomic mass is 32.2. The molecule has 0 bridgehead atoms. The van der Waals surface area contributed by atoms with E-state index in [1.165, 1.54) is 28.6 Å². The number of rotatable bonds is 4. The van der Waals surface area contributed by atoms with Crippen LogP contribution < -0.4 is 5.32 Å². The summed E-state index contributed by atoms with van der Waals surface area (Å²) in [7, 11) is -3.81. The number of hydrogen-bond acceptors (Lipinski definition) is 5. The third-order valence-corrected chi connectivity index (χ3v) is 5.80. The van der Waals surface area contributed by atoms with Gasteiger partial charge in [-0.1, -0.05) is 6.07 Å². The number of nitrogens with zero attached hydrogens (tertiary/aromatic N) is 1. The molecule has 1 aliphatic heterocycles. The summed E-state index contributed by atoms with van der Waals surface area (Å²) in [5.41, 5.74) is -0.0283. The van der Waals surface area contributed by atoms with E-state index in [1.54, 1.807) is 0 Å². The summed E-state index contributed by atoms with van der Waals surface area (Å²) >= 11 is 0.